The Morgan fingerprint density at radius 2 is 2.00 bits per heavy atom. The number of rotatable bonds is 8. The first-order chi connectivity index (χ1) is 7.62. The Bertz CT molecular complexity index is 234. The number of carboxylic acid groups (broad SMARTS) is 1. The zero-order valence-corrected chi connectivity index (χ0v) is 10.5. The van der Waals surface area contributed by atoms with E-state index in [1.54, 1.807) is 7.11 Å². The molecule has 0 saturated heterocycles. The molecule has 1 fully saturated rings. The van der Waals surface area contributed by atoms with E-state index in [-0.39, 0.29) is 0 Å². The highest BCUT2D eigenvalue weighted by atomic mass is 16.5. The summed E-state index contributed by atoms with van der Waals surface area (Å²) in [5, 5.41) is 9.49. The minimum atomic E-state index is -0.695. The maximum atomic E-state index is 11.5. The minimum absolute atomic E-state index is 0.450. The summed E-state index contributed by atoms with van der Waals surface area (Å²) in [5.41, 5.74) is -0.695. The molecule has 0 spiro atoms. The van der Waals surface area contributed by atoms with Gasteiger partial charge in [-0.15, -0.1) is 0 Å². The fraction of sp³-hybridized carbons (Fsp3) is 0.917. The average Bonchev–Trinajstić information content (AvgIpc) is 3.08. The molecule has 4 nitrogen and oxygen atoms in total. The third-order valence-electron chi connectivity index (χ3n) is 3.64. The van der Waals surface area contributed by atoms with Gasteiger partial charge in [0, 0.05) is 19.7 Å². The first-order valence-electron chi connectivity index (χ1n) is 6.11. The number of hydrogen-bond acceptors (Lipinski definition) is 3. The molecule has 1 saturated carbocycles. The van der Waals surface area contributed by atoms with Gasteiger partial charge in [-0.2, -0.15) is 0 Å². The number of methoxy groups -OCH3 is 1. The molecule has 1 N–H and O–H groups in total. The molecule has 0 aliphatic heterocycles. The van der Waals surface area contributed by atoms with Crippen LogP contribution in [0.2, 0.25) is 0 Å². The molecule has 0 aromatic heterocycles. The van der Waals surface area contributed by atoms with E-state index in [1.807, 2.05) is 13.8 Å². The lowest BCUT2D eigenvalue weighted by Crippen LogP contribution is -2.56. The highest BCUT2D eigenvalue weighted by molar-refractivity contribution is 5.78. The molecule has 0 aromatic carbocycles. The molecule has 4 heteroatoms. The number of carboxylic acids is 1. The normalized spacial score (nSPS) is 16.8. The van der Waals surface area contributed by atoms with Gasteiger partial charge in [-0.05, 0) is 25.7 Å². The fourth-order valence-corrected chi connectivity index (χ4v) is 2.40. The summed E-state index contributed by atoms with van der Waals surface area (Å²) in [4.78, 5) is 13.7. The van der Waals surface area contributed by atoms with Gasteiger partial charge < -0.3 is 9.84 Å². The molecule has 0 aromatic rings. The van der Waals surface area contributed by atoms with E-state index in [1.165, 1.54) is 0 Å². The Hall–Kier alpha value is -0.610. The van der Waals surface area contributed by atoms with Crippen LogP contribution in [0.15, 0.2) is 0 Å². The molecule has 94 valence electrons. The summed E-state index contributed by atoms with van der Waals surface area (Å²) >= 11 is 0. The van der Waals surface area contributed by atoms with Crippen molar-refractivity contribution in [2.45, 2.75) is 51.1 Å². The van der Waals surface area contributed by atoms with Crippen LogP contribution in [-0.2, 0) is 9.53 Å². The maximum Gasteiger partial charge on any atom is 0.324 e. The van der Waals surface area contributed by atoms with Crippen LogP contribution in [-0.4, -0.2) is 47.8 Å². The molecule has 16 heavy (non-hydrogen) atoms. The van der Waals surface area contributed by atoms with Crippen LogP contribution < -0.4 is 0 Å². The highest BCUT2D eigenvalue weighted by Gasteiger charge is 2.47. The number of hydrogen-bond donors (Lipinski definition) is 1. The molecule has 1 aliphatic rings. The second-order valence-corrected chi connectivity index (χ2v) is 4.46. The largest absolute Gasteiger partial charge is 0.480 e. The Labute approximate surface area is 97.6 Å². The van der Waals surface area contributed by atoms with Crippen LogP contribution in [0.3, 0.4) is 0 Å². The van der Waals surface area contributed by atoms with Crippen molar-refractivity contribution in [1.82, 2.24) is 4.90 Å². The molecule has 0 radical (unpaired) electrons. The Balaban J connectivity index is 2.81. The quantitative estimate of drug-likeness (QED) is 0.689. The van der Waals surface area contributed by atoms with Crippen molar-refractivity contribution in [3.8, 4) is 0 Å². The first-order valence-corrected chi connectivity index (χ1v) is 6.11. The molecule has 1 rings (SSSR count). The van der Waals surface area contributed by atoms with Gasteiger partial charge in [0.15, 0.2) is 0 Å². The van der Waals surface area contributed by atoms with Crippen molar-refractivity contribution in [3.63, 3.8) is 0 Å². The summed E-state index contributed by atoms with van der Waals surface area (Å²) in [6.45, 7) is 5.24. The smallest absolute Gasteiger partial charge is 0.324 e. The van der Waals surface area contributed by atoms with Crippen LogP contribution in [0.25, 0.3) is 0 Å². The van der Waals surface area contributed by atoms with Gasteiger partial charge >= 0.3 is 5.97 Å². The van der Waals surface area contributed by atoms with Crippen molar-refractivity contribution in [1.29, 1.82) is 0 Å². The van der Waals surface area contributed by atoms with E-state index in [0.29, 0.717) is 25.5 Å². The number of aliphatic carboxylic acids is 1. The average molecular weight is 229 g/mol. The van der Waals surface area contributed by atoms with Gasteiger partial charge in [0.1, 0.15) is 5.54 Å². The highest BCUT2D eigenvalue weighted by Crippen LogP contribution is 2.36. The Morgan fingerprint density at radius 3 is 2.31 bits per heavy atom. The second-order valence-electron chi connectivity index (χ2n) is 4.46. The summed E-state index contributed by atoms with van der Waals surface area (Å²) in [5.74, 6) is -0.694. The summed E-state index contributed by atoms with van der Waals surface area (Å²) in [6.07, 6.45) is 3.55. The third kappa shape index (κ3) is 2.55. The lowest BCUT2D eigenvalue weighted by molar-refractivity contribution is -0.153. The number of carbonyl (C=O) groups is 1. The van der Waals surface area contributed by atoms with Gasteiger partial charge in [0.05, 0.1) is 6.61 Å². The van der Waals surface area contributed by atoms with Gasteiger partial charge in [-0.25, -0.2) is 0 Å². The van der Waals surface area contributed by atoms with E-state index in [9.17, 15) is 9.90 Å². The van der Waals surface area contributed by atoms with Crippen LogP contribution in [0.1, 0.15) is 39.5 Å². The van der Waals surface area contributed by atoms with Gasteiger partial charge in [0.25, 0.3) is 0 Å². The second kappa shape index (κ2) is 5.64. The molecule has 0 bridgehead atoms. The fourth-order valence-electron chi connectivity index (χ4n) is 2.40. The predicted octanol–water partition coefficient (Wildman–Crippen LogP) is 1.74. The lowest BCUT2D eigenvalue weighted by atomic mass is 9.90. The van der Waals surface area contributed by atoms with E-state index >= 15 is 0 Å². The topological polar surface area (TPSA) is 49.8 Å². The monoisotopic (exact) mass is 229 g/mol. The summed E-state index contributed by atoms with van der Waals surface area (Å²) < 4.78 is 5.08. The molecule has 0 unspecified atom stereocenters. The first kappa shape index (κ1) is 13.5. The molecule has 0 heterocycles. The molecule has 1 aliphatic carbocycles. The number of ether oxygens (including phenoxy) is 1. The summed E-state index contributed by atoms with van der Waals surface area (Å²) in [7, 11) is 1.66. The van der Waals surface area contributed by atoms with Crippen molar-refractivity contribution < 1.29 is 14.6 Å². The minimum Gasteiger partial charge on any atom is -0.480 e. The molecular weight excluding hydrogens is 206 g/mol. The van der Waals surface area contributed by atoms with E-state index in [0.717, 1.165) is 19.4 Å². The Morgan fingerprint density at radius 1 is 1.44 bits per heavy atom. The molecular formula is C12H23NO3. The van der Waals surface area contributed by atoms with E-state index < -0.39 is 11.5 Å². The van der Waals surface area contributed by atoms with Crippen molar-refractivity contribution in [3.05, 3.63) is 0 Å². The zero-order valence-electron chi connectivity index (χ0n) is 10.5. The lowest BCUT2D eigenvalue weighted by Gasteiger charge is -2.39. The van der Waals surface area contributed by atoms with Crippen LogP contribution in [0.5, 0.6) is 0 Å². The van der Waals surface area contributed by atoms with Gasteiger partial charge in [0.2, 0.25) is 0 Å². The maximum absolute atomic E-state index is 11.5. The van der Waals surface area contributed by atoms with Crippen molar-refractivity contribution >= 4 is 5.97 Å². The molecule has 0 atom stereocenters. The molecule has 0 amide bonds. The number of nitrogens with zero attached hydrogens (tertiary/aromatic N) is 1. The predicted molar refractivity (Wildman–Crippen MR) is 62.6 cm³/mol. The Kier molecular flexibility index (Phi) is 4.74. The van der Waals surface area contributed by atoms with Crippen LogP contribution in [0, 0.1) is 0 Å². The van der Waals surface area contributed by atoms with E-state index in [2.05, 4.69) is 4.90 Å². The van der Waals surface area contributed by atoms with Gasteiger partial charge in [-0.1, -0.05) is 13.8 Å². The van der Waals surface area contributed by atoms with E-state index in [4.69, 9.17) is 4.74 Å². The van der Waals surface area contributed by atoms with Crippen molar-refractivity contribution in [2.24, 2.45) is 0 Å². The SMILES string of the molecule is CCC(CC)(C(=O)O)N(CCOC)C1CC1. The van der Waals surface area contributed by atoms with Crippen LogP contribution in [0.4, 0.5) is 0 Å². The standard InChI is InChI=1S/C12H23NO3/c1-4-12(5-2,11(14)15)13(8-9-16-3)10-6-7-10/h10H,4-9H2,1-3H3,(H,14,15). The van der Waals surface area contributed by atoms with Crippen LogP contribution >= 0.6 is 0 Å². The van der Waals surface area contributed by atoms with Crippen molar-refractivity contribution in [2.75, 3.05) is 20.3 Å². The summed E-state index contributed by atoms with van der Waals surface area (Å²) in [6, 6.07) is 0.450. The third-order valence-corrected chi connectivity index (χ3v) is 3.64. The zero-order chi connectivity index (χ0) is 12.2. The van der Waals surface area contributed by atoms with Gasteiger partial charge in [-0.3, -0.25) is 9.69 Å².